The van der Waals surface area contributed by atoms with E-state index in [1.807, 2.05) is 12.1 Å². The number of hydrogen-bond donors (Lipinski definition) is 2. The highest BCUT2D eigenvalue weighted by atomic mass is 16.5. The van der Waals surface area contributed by atoms with Crippen molar-refractivity contribution in [3.63, 3.8) is 0 Å². The monoisotopic (exact) mass is 318 g/mol. The molecule has 2 rings (SSSR count). The zero-order valence-corrected chi connectivity index (χ0v) is 13.8. The van der Waals surface area contributed by atoms with Crippen LogP contribution in [0.1, 0.15) is 40.7 Å². The number of methoxy groups -OCH3 is 1. The average molecular weight is 318 g/mol. The molecule has 1 aliphatic rings. The lowest BCUT2D eigenvalue weighted by Gasteiger charge is -2.07. The predicted molar refractivity (Wildman–Crippen MR) is 89.8 cm³/mol. The average Bonchev–Trinajstić information content (AvgIpc) is 3.03. The van der Waals surface area contributed by atoms with Gasteiger partial charge in [-0.15, -0.1) is 0 Å². The van der Waals surface area contributed by atoms with E-state index in [1.165, 1.54) is 17.5 Å². The van der Waals surface area contributed by atoms with Gasteiger partial charge in [0.15, 0.2) is 5.78 Å². The molecule has 0 bridgehead atoms. The quantitative estimate of drug-likeness (QED) is 0.507. The topological polar surface area (TPSA) is 67.4 Å². The summed E-state index contributed by atoms with van der Waals surface area (Å²) in [6.07, 6.45) is 3.86. The first-order chi connectivity index (χ1) is 11.2. The first-order valence-electron chi connectivity index (χ1n) is 8.32. The van der Waals surface area contributed by atoms with E-state index in [0.29, 0.717) is 19.7 Å². The van der Waals surface area contributed by atoms with Crippen LogP contribution < -0.4 is 10.6 Å². The van der Waals surface area contributed by atoms with E-state index in [2.05, 4.69) is 16.7 Å². The third kappa shape index (κ3) is 5.77. The van der Waals surface area contributed by atoms with E-state index in [1.54, 1.807) is 7.11 Å². The van der Waals surface area contributed by atoms with Crippen molar-refractivity contribution in [1.29, 1.82) is 0 Å². The molecule has 126 valence electrons. The normalized spacial score (nSPS) is 12.9. The van der Waals surface area contributed by atoms with Crippen LogP contribution in [0, 0.1) is 0 Å². The zero-order valence-electron chi connectivity index (χ0n) is 13.8. The van der Waals surface area contributed by atoms with E-state index < -0.39 is 0 Å². The summed E-state index contributed by atoms with van der Waals surface area (Å²) < 4.78 is 4.92. The van der Waals surface area contributed by atoms with Crippen LogP contribution >= 0.6 is 0 Å². The minimum Gasteiger partial charge on any atom is -0.383 e. The number of amides is 1. The van der Waals surface area contributed by atoms with E-state index >= 15 is 0 Å². The summed E-state index contributed by atoms with van der Waals surface area (Å²) in [4.78, 5) is 23.9. The molecule has 0 atom stereocenters. The van der Waals surface area contributed by atoms with E-state index in [9.17, 15) is 9.59 Å². The van der Waals surface area contributed by atoms with E-state index in [4.69, 9.17) is 4.74 Å². The summed E-state index contributed by atoms with van der Waals surface area (Å²) in [5, 5.41) is 5.96. The number of carbonyl (C=O) groups is 2. The van der Waals surface area contributed by atoms with Crippen LogP contribution in [0.2, 0.25) is 0 Å². The molecule has 1 amide bonds. The van der Waals surface area contributed by atoms with Gasteiger partial charge in [-0.3, -0.25) is 9.59 Å². The molecule has 1 aromatic rings. The van der Waals surface area contributed by atoms with Gasteiger partial charge in [0.2, 0.25) is 5.91 Å². The first kappa shape index (κ1) is 17.6. The summed E-state index contributed by atoms with van der Waals surface area (Å²) in [7, 11) is 1.65. The lowest BCUT2D eigenvalue weighted by Crippen LogP contribution is -2.33. The summed E-state index contributed by atoms with van der Waals surface area (Å²) in [5.74, 6) is -0.0267. The fourth-order valence-corrected chi connectivity index (χ4v) is 2.79. The standard InChI is InChI=1S/C18H26N2O3/c1-23-12-11-19-9-10-20-18(22)8-7-17(21)16-6-5-14-3-2-4-15(14)13-16/h5-6,13,19H,2-4,7-12H2,1H3,(H,20,22). The molecule has 0 unspecified atom stereocenters. The highest BCUT2D eigenvalue weighted by Crippen LogP contribution is 2.23. The van der Waals surface area contributed by atoms with Crippen molar-refractivity contribution in [3.05, 3.63) is 34.9 Å². The minimum atomic E-state index is -0.0759. The third-order valence-electron chi connectivity index (χ3n) is 4.11. The summed E-state index contributed by atoms with van der Waals surface area (Å²) in [5.41, 5.74) is 3.39. The van der Waals surface area contributed by atoms with Crippen molar-refractivity contribution in [2.24, 2.45) is 0 Å². The van der Waals surface area contributed by atoms with Gasteiger partial charge in [0.1, 0.15) is 0 Å². The molecule has 1 aromatic carbocycles. The largest absolute Gasteiger partial charge is 0.383 e. The first-order valence-corrected chi connectivity index (χ1v) is 8.32. The highest BCUT2D eigenvalue weighted by Gasteiger charge is 2.14. The Morgan fingerprint density at radius 1 is 1.09 bits per heavy atom. The number of aryl methyl sites for hydroxylation is 2. The maximum absolute atomic E-state index is 12.2. The maximum Gasteiger partial charge on any atom is 0.220 e. The molecule has 0 saturated carbocycles. The third-order valence-corrected chi connectivity index (χ3v) is 4.11. The van der Waals surface area contributed by atoms with Gasteiger partial charge in [0.05, 0.1) is 6.61 Å². The van der Waals surface area contributed by atoms with Crippen molar-refractivity contribution >= 4 is 11.7 Å². The Balaban J connectivity index is 1.65. The van der Waals surface area contributed by atoms with Crippen molar-refractivity contribution in [1.82, 2.24) is 10.6 Å². The van der Waals surface area contributed by atoms with E-state index in [-0.39, 0.29) is 24.5 Å². The lowest BCUT2D eigenvalue weighted by atomic mass is 10.0. The van der Waals surface area contributed by atoms with Gasteiger partial charge < -0.3 is 15.4 Å². The molecule has 0 heterocycles. The van der Waals surface area contributed by atoms with Crippen molar-refractivity contribution in [2.75, 3.05) is 33.4 Å². The second-order valence-electron chi connectivity index (χ2n) is 5.85. The molecule has 23 heavy (non-hydrogen) atoms. The van der Waals surface area contributed by atoms with Crippen LogP contribution in [0.5, 0.6) is 0 Å². The van der Waals surface area contributed by atoms with E-state index in [0.717, 1.165) is 24.9 Å². The fourth-order valence-electron chi connectivity index (χ4n) is 2.79. The van der Waals surface area contributed by atoms with Gasteiger partial charge in [-0.2, -0.15) is 0 Å². The Morgan fingerprint density at radius 3 is 2.74 bits per heavy atom. The number of carbonyl (C=O) groups excluding carboxylic acids is 2. The van der Waals surface area contributed by atoms with Crippen LogP contribution in [0.4, 0.5) is 0 Å². The molecular weight excluding hydrogens is 292 g/mol. The second kappa shape index (κ2) is 9.43. The molecule has 0 saturated heterocycles. The number of ketones is 1. The van der Waals surface area contributed by atoms with Crippen LogP contribution in [0.15, 0.2) is 18.2 Å². The Morgan fingerprint density at radius 2 is 1.91 bits per heavy atom. The fraction of sp³-hybridized carbons (Fsp3) is 0.556. The van der Waals surface area contributed by atoms with Crippen LogP contribution in [0.3, 0.4) is 0 Å². The SMILES string of the molecule is COCCNCCNC(=O)CCC(=O)c1ccc2c(c1)CCC2. The predicted octanol–water partition coefficient (Wildman–Crippen LogP) is 1.49. The second-order valence-corrected chi connectivity index (χ2v) is 5.85. The molecule has 5 nitrogen and oxygen atoms in total. The van der Waals surface area contributed by atoms with Crippen LogP contribution in [-0.2, 0) is 22.4 Å². The summed E-state index contributed by atoms with van der Waals surface area (Å²) in [6.45, 7) is 2.69. The van der Waals surface area contributed by atoms with Gasteiger partial charge in [-0.25, -0.2) is 0 Å². The number of nitrogens with one attached hydrogen (secondary N) is 2. The molecule has 2 N–H and O–H groups in total. The minimum absolute atomic E-state index is 0.0491. The van der Waals surface area contributed by atoms with Gasteiger partial charge in [-0.05, 0) is 36.5 Å². The Hall–Kier alpha value is -1.72. The highest BCUT2D eigenvalue weighted by molar-refractivity contribution is 5.98. The van der Waals surface area contributed by atoms with Gasteiger partial charge >= 0.3 is 0 Å². The molecule has 0 spiro atoms. The molecule has 0 aliphatic heterocycles. The molecule has 0 aromatic heterocycles. The number of Topliss-reactive ketones (excluding diaryl/α,β-unsaturated/α-hetero) is 1. The van der Waals surface area contributed by atoms with Gasteiger partial charge in [-0.1, -0.05) is 12.1 Å². The molecule has 0 radical (unpaired) electrons. The summed E-state index contributed by atoms with van der Waals surface area (Å²) >= 11 is 0. The number of ether oxygens (including phenoxy) is 1. The number of hydrogen-bond acceptors (Lipinski definition) is 4. The Labute approximate surface area is 137 Å². The maximum atomic E-state index is 12.2. The van der Waals surface area contributed by atoms with Crippen molar-refractivity contribution in [3.8, 4) is 0 Å². The molecule has 5 heteroatoms. The van der Waals surface area contributed by atoms with Gasteiger partial charge in [0, 0.05) is 45.1 Å². The molecule has 0 fully saturated rings. The molecule has 1 aliphatic carbocycles. The molecular formula is C18H26N2O3. The summed E-state index contributed by atoms with van der Waals surface area (Å²) in [6, 6.07) is 5.95. The zero-order chi connectivity index (χ0) is 16.5. The lowest BCUT2D eigenvalue weighted by molar-refractivity contribution is -0.121. The van der Waals surface area contributed by atoms with Crippen molar-refractivity contribution in [2.45, 2.75) is 32.1 Å². The Kier molecular flexibility index (Phi) is 7.23. The van der Waals surface area contributed by atoms with Crippen molar-refractivity contribution < 1.29 is 14.3 Å². The number of rotatable bonds is 10. The smallest absolute Gasteiger partial charge is 0.220 e. The Bertz CT molecular complexity index is 543. The number of fused-ring (bicyclic) bond motifs is 1. The number of benzene rings is 1. The van der Waals surface area contributed by atoms with Crippen LogP contribution in [0.25, 0.3) is 0 Å². The van der Waals surface area contributed by atoms with Crippen LogP contribution in [-0.4, -0.2) is 45.0 Å². The van der Waals surface area contributed by atoms with Gasteiger partial charge in [0.25, 0.3) is 0 Å².